The van der Waals surface area contributed by atoms with Crippen molar-refractivity contribution in [1.82, 2.24) is 19.6 Å². The van der Waals surface area contributed by atoms with E-state index in [0.717, 1.165) is 12.1 Å². The van der Waals surface area contributed by atoms with E-state index in [0.29, 0.717) is 17.0 Å². The number of alkyl halides is 3. The Hall–Kier alpha value is -2.15. The number of halogens is 4. The lowest BCUT2D eigenvalue weighted by atomic mass is 10.1. The Morgan fingerprint density at radius 1 is 1.05 bits per heavy atom. The first-order valence-corrected chi connectivity index (χ1v) is 5.87. The molecule has 2 heterocycles. The van der Waals surface area contributed by atoms with Gasteiger partial charge in [-0.1, -0.05) is 23.7 Å². The Morgan fingerprint density at radius 3 is 2.40 bits per heavy atom. The summed E-state index contributed by atoms with van der Waals surface area (Å²) in [4.78, 5) is 3.85. The second-order valence-electron chi connectivity index (χ2n) is 4.01. The van der Waals surface area contributed by atoms with Crippen LogP contribution in [0, 0.1) is 0 Å². The van der Waals surface area contributed by atoms with Gasteiger partial charge in [-0.3, -0.25) is 4.40 Å². The van der Waals surface area contributed by atoms with Gasteiger partial charge < -0.3 is 0 Å². The molecule has 0 bridgehead atoms. The van der Waals surface area contributed by atoms with Gasteiger partial charge in [-0.2, -0.15) is 13.2 Å². The third-order valence-electron chi connectivity index (χ3n) is 2.75. The lowest BCUT2D eigenvalue weighted by molar-refractivity contribution is -0.137. The summed E-state index contributed by atoms with van der Waals surface area (Å²) < 4.78 is 39.1. The molecule has 0 atom stereocenters. The number of benzene rings is 1. The van der Waals surface area contributed by atoms with Crippen molar-refractivity contribution in [3.8, 4) is 11.4 Å². The summed E-state index contributed by atoms with van der Waals surface area (Å²) in [5.74, 6) is 0.401. The first-order valence-electron chi connectivity index (χ1n) is 5.50. The summed E-state index contributed by atoms with van der Waals surface area (Å²) >= 11 is 5.86. The average molecular weight is 299 g/mol. The van der Waals surface area contributed by atoms with Crippen LogP contribution in [0.2, 0.25) is 5.15 Å². The van der Waals surface area contributed by atoms with Gasteiger partial charge in [0, 0.05) is 18.0 Å². The molecule has 0 saturated heterocycles. The fourth-order valence-electron chi connectivity index (χ4n) is 1.80. The second-order valence-corrected chi connectivity index (χ2v) is 4.37. The van der Waals surface area contributed by atoms with Crippen molar-refractivity contribution >= 4 is 17.2 Å². The monoisotopic (exact) mass is 298 g/mol. The molecule has 0 radical (unpaired) electrons. The zero-order valence-corrected chi connectivity index (χ0v) is 10.5. The van der Waals surface area contributed by atoms with Crippen LogP contribution in [0.1, 0.15) is 5.56 Å². The summed E-state index contributed by atoms with van der Waals surface area (Å²) in [6, 6.07) is 4.68. The Balaban J connectivity index is 2.10. The fraction of sp³-hybridized carbons (Fsp3) is 0.0833. The molecule has 102 valence electrons. The third kappa shape index (κ3) is 2.09. The van der Waals surface area contributed by atoms with Crippen molar-refractivity contribution in [2.24, 2.45) is 0 Å². The topological polar surface area (TPSA) is 43.1 Å². The van der Waals surface area contributed by atoms with Crippen molar-refractivity contribution < 1.29 is 13.2 Å². The van der Waals surface area contributed by atoms with Gasteiger partial charge >= 0.3 is 6.18 Å². The van der Waals surface area contributed by atoms with Crippen molar-refractivity contribution in [3.05, 3.63) is 47.4 Å². The van der Waals surface area contributed by atoms with E-state index in [-0.39, 0.29) is 5.15 Å². The minimum Gasteiger partial charge on any atom is -0.278 e. The molecule has 0 saturated carbocycles. The predicted molar refractivity (Wildman–Crippen MR) is 66.2 cm³/mol. The number of rotatable bonds is 1. The first kappa shape index (κ1) is 12.9. The molecule has 3 aromatic rings. The van der Waals surface area contributed by atoms with E-state index in [2.05, 4.69) is 15.2 Å². The van der Waals surface area contributed by atoms with E-state index < -0.39 is 11.7 Å². The van der Waals surface area contributed by atoms with Gasteiger partial charge in [0.1, 0.15) is 0 Å². The van der Waals surface area contributed by atoms with Gasteiger partial charge in [0.25, 0.3) is 0 Å². The van der Waals surface area contributed by atoms with Crippen LogP contribution in [0.3, 0.4) is 0 Å². The van der Waals surface area contributed by atoms with Crippen molar-refractivity contribution in [3.63, 3.8) is 0 Å². The third-order valence-corrected chi connectivity index (χ3v) is 3.02. The molecule has 0 N–H and O–H groups in total. The van der Waals surface area contributed by atoms with Gasteiger partial charge in [-0.15, -0.1) is 10.2 Å². The summed E-state index contributed by atoms with van der Waals surface area (Å²) in [7, 11) is 0. The highest BCUT2D eigenvalue weighted by molar-refractivity contribution is 6.32. The highest BCUT2D eigenvalue weighted by atomic mass is 35.5. The summed E-state index contributed by atoms with van der Waals surface area (Å²) in [6.07, 6.45) is -1.31. The summed E-state index contributed by atoms with van der Waals surface area (Å²) in [5.41, 5.74) is 0.145. The molecule has 20 heavy (non-hydrogen) atoms. The van der Waals surface area contributed by atoms with E-state index in [9.17, 15) is 13.2 Å². The molecule has 2 aromatic heterocycles. The largest absolute Gasteiger partial charge is 0.416 e. The molecule has 8 heteroatoms. The van der Waals surface area contributed by atoms with Crippen LogP contribution in [-0.2, 0) is 6.18 Å². The lowest BCUT2D eigenvalue weighted by Crippen LogP contribution is -2.04. The maximum Gasteiger partial charge on any atom is 0.416 e. The maximum absolute atomic E-state index is 12.5. The quantitative estimate of drug-likeness (QED) is 0.691. The van der Waals surface area contributed by atoms with Crippen LogP contribution < -0.4 is 0 Å². The fourth-order valence-corrected chi connectivity index (χ4v) is 1.99. The van der Waals surface area contributed by atoms with Crippen LogP contribution in [-0.4, -0.2) is 19.6 Å². The molecule has 0 aliphatic carbocycles. The number of nitrogens with zero attached hydrogens (tertiary/aromatic N) is 4. The minimum absolute atomic E-state index is 0.179. The zero-order chi connectivity index (χ0) is 14.3. The second kappa shape index (κ2) is 4.45. The normalized spacial score (nSPS) is 12.0. The number of hydrogen-bond donors (Lipinski definition) is 0. The van der Waals surface area contributed by atoms with Crippen molar-refractivity contribution in [2.75, 3.05) is 0 Å². The van der Waals surface area contributed by atoms with Gasteiger partial charge in [-0.05, 0) is 12.1 Å². The van der Waals surface area contributed by atoms with E-state index in [1.165, 1.54) is 18.3 Å². The Labute approximate surface area is 115 Å². The molecule has 0 fully saturated rings. The molecule has 1 aromatic carbocycles. The molecule has 3 rings (SSSR count). The van der Waals surface area contributed by atoms with Gasteiger partial charge in [0.15, 0.2) is 16.6 Å². The van der Waals surface area contributed by atoms with Gasteiger partial charge in [0.2, 0.25) is 0 Å². The van der Waals surface area contributed by atoms with Gasteiger partial charge in [-0.25, -0.2) is 4.98 Å². The summed E-state index contributed by atoms with van der Waals surface area (Å²) in [6.45, 7) is 0. The maximum atomic E-state index is 12.5. The van der Waals surface area contributed by atoms with Crippen LogP contribution in [0.15, 0.2) is 36.7 Å². The molecule has 0 aliphatic heterocycles. The molecule has 0 amide bonds. The van der Waals surface area contributed by atoms with E-state index >= 15 is 0 Å². The van der Waals surface area contributed by atoms with Crippen LogP contribution in [0.4, 0.5) is 13.2 Å². The van der Waals surface area contributed by atoms with E-state index in [1.54, 1.807) is 10.6 Å². The highest BCUT2D eigenvalue weighted by Crippen LogP contribution is 2.30. The predicted octanol–water partition coefficient (Wildman–Crippen LogP) is 3.46. The standard InChI is InChI=1S/C12H6ClF3N4/c13-9-11-19-18-10(20(11)6-5-17-9)7-1-3-8(4-2-7)12(14,15)16/h1-6H. The zero-order valence-electron chi connectivity index (χ0n) is 9.76. The molecule has 4 nitrogen and oxygen atoms in total. The SMILES string of the molecule is FC(F)(F)c1ccc(-c2nnc3c(Cl)nccn23)cc1. The van der Waals surface area contributed by atoms with Crippen LogP contribution >= 0.6 is 11.6 Å². The molecular weight excluding hydrogens is 293 g/mol. The first-order chi connectivity index (χ1) is 9.47. The molecule has 0 spiro atoms. The lowest BCUT2D eigenvalue weighted by Gasteiger charge is -2.06. The molecular formula is C12H6ClF3N4. The van der Waals surface area contributed by atoms with Crippen LogP contribution in [0.5, 0.6) is 0 Å². The van der Waals surface area contributed by atoms with Crippen molar-refractivity contribution in [2.45, 2.75) is 6.18 Å². The van der Waals surface area contributed by atoms with E-state index in [4.69, 9.17) is 11.6 Å². The number of aromatic nitrogens is 4. The van der Waals surface area contributed by atoms with E-state index in [1.807, 2.05) is 0 Å². The Morgan fingerprint density at radius 2 is 1.75 bits per heavy atom. The Bertz CT molecular complexity index is 764. The number of fused-ring (bicyclic) bond motifs is 1. The number of hydrogen-bond acceptors (Lipinski definition) is 3. The highest BCUT2D eigenvalue weighted by Gasteiger charge is 2.30. The van der Waals surface area contributed by atoms with Gasteiger partial charge in [0.05, 0.1) is 5.56 Å². The minimum atomic E-state index is -4.36. The average Bonchev–Trinajstić information content (AvgIpc) is 2.83. The summed E-state index contributed by atoms with van der Waals surface area (Å²) in [5, 5.41) is 7.97. The van der Waals surface area contributed by atoms with Crippen LogP contribution in [0.25, 0.3) is 17.0 Å². The smallest absolute Gasteiger partial charge is 0.278 e. The van der Waals surface area contributed by atoms with Crippen molar-refractivity contribution in [1.29, 1.82) is 0 Å². The molecule has 0 unspecified atom stereocenters. The Kier molecular flexibility index (Phi) is 2.86. The molecule has 0 aliphatic rings.